The average Bonchev–Trinajstić information content (AvgIpc) is 2.93. The van der Waals surface area contributed by atoms with E-state index in [9.17, 15) is 13.2 Å². The summed E-state index contributed by atoms with van der Waals surface area (Å²) >= 11 is 6.23. The van der Waals surface area contributed by atoms with Crippen molar-refractivity contribution in [3.8, 4) is 11.5 Å². The van der Waals surface area contributed by atoms with Gasteiger partial charge in [0.25, 0.3) is 5.91 Å². The van der Waals surface area contributed by atoms with E-state index in [1.165, 1.54) is 18.1 Å². The smallest absolute Gasteiger partial charge is 0.254 e. The molecule has 0 aliphatic carbocycles. The normalized spacial score (nSPS) is 18.6. The fourth-order valence-corrected chi connectivity index (χ4v) is 4.85. The lowest BCUT2D eigenvalue weighted by Gasteiger charge is -2.27. The molecule has 1 atom stereocenters. The first-order valence-corrected chi connectivity index (χ1v) is 10.2. The number of amides is 1. The third-order valence-electron chi connectivity index (χ3n) is 4.00. The number of methoxy groups -OCH3 is 1. The minimum Gasteiger partial charge on any atom is -0.493 e. The van der Waals surface area contributed by atoms with Gasteiger partial charge in [0, 0.05) is 18.2 Å². The Morgan fingerprint density at radius 3 is 2.72 bits per heavy atom. The summed E-state index contributed by atoms with van der Waals surface area (Å²) in [5, 5.41) is 0.266. The van der Waals surface area contributed by atoms with Crippen molar-refractivity contribution in [1.29, 1.82) is 0 Å². The Morgan fingerprint density at radius 2 is 2.20 bits per heavy atom. The molecule has 2 rings (SSSR count). The quantitative estimate of drug-likeness (QED) is 0.672. The van der Waals surface area contributed by atoms with Crippen LogP contribution in [-0.2, 0) is 9.84 Å². The van der Waals surface area contributed by atoms with E-state index >= 15 is 0 Å². The van der Waals surface area contributed by atoms with Crippen molar-refractivity contribution in [2.24, 2.45) is 0 Å². The Hall–Kier alpha value is -1.73. The van der Waals surface area contributed by atoms with Crippen LogP contribution >= 0.6 is 11.6 Å². The van der Waals surface area contributed by atoms with Crippen LogP contribution < -0.4 is 9.47 Å². The Bertz CT molecular complexity index is 763. The van der Waals surface area contributed by atoms with Crippen molar-refractivity contribution in [2.45, 2.75) is 19.4 Å². The third-order valence-corrected chi connectivity index (χ3v) is 6.03. The van der Waals surface area contributed by atoms with Gasteiger partial charge in [-0.05, 0) is 25.5 Å². The second-order valence-electron chi connectivity index (χ2n) is 5.73. The number of carbonyl (C=O) groups is 1. The lowest BCUT2D eigenvalue weighted by Crippen LogP contribution is -2.41. The van der Waals surface area contributed by atoms with Gasteiger partial charge in [-0.2, -0.15) is 0 Å². The number of nitrogens with zero attached hydrogens (tertiary/aromatic N) is 1. The Labute approximate surface area is 153 Å². The third kappa shape index (κ3) is 4.46. The zero-order valence-corrected chi connectivity index (χ0v) is 15.9. The molecule has 0 saturated carbocycles. The van der Waals surface area contributed by atoms with Crippen LogP contribution in [0.25, 0.3) is 0 Å². The summed E-state index contributed by atoms with van der Waals surface area (Å²) in [6.45, 7) is 6.15. The van der Waals surface area contributed by atoms with Crippen LogP contribution in [0.4, 0.5) is 0 Å². The van der Waals surface area contributed by atoms with Gasteiger partial charge in [0.2, 0.25) is 0 Å². The van der Waals surface area contributed by atoms with Crippen molar-refractivity contribution >= 4 is 27.3 Å². The van der Waals surface area contributed by atoms with Crippen LogP contribution in [0.5, 0.6) is 11.5 Å². The average molecular weight is 388 g/mol. The summed E-state index contributed by atoms with van der Waals surface area (Å²) < 4.78 is 34.2. The van der Waals surface area contributed by atoms with Crippen molar-refractivity contribution in [1.82, 2.24) is 4.90 Å². The largest absolute Gasteiger partial charge is 0.493 e. The van der Waals surface area contributed by atoms with Gasteiger partial charge in [-0.1, -0.05) is 17.7 Å². The molecule has 0 radical (unpaired) electrons. The van der Waals surface area contributed by atoms with Gasteiger partial charge in [-0.3, -0.25) is 4.79 Å². The number of sulfone groups is 1. The van der Waals surface area contributed by atoms with Crippen LogP contribution in [0, 0.1) is 0 Å². The van der Waals surface area contributed by atoms with Crippen LogP contribution in [-0.4, -0.2) is 57.0 Å². The van der Waals surface area contributed by atoms with Crippen molar-refractivity contribution in [3.63, 3.8) is 0 Å². The minimum absolute atomic E-state index is 0.0333. The summed E-state index contributed by atoms with van der Waals surface area (Å²) in [5.41, 5.74) is 0.316. The lowest BCUT2D eigenvalue weighted by molar-refractivity contribution is 0.0720. The molecule has 1 fully saturated rings. The Kier molecular flexibility index (Phi) is 6.35. The lowest BCUT2D eigenvalue weighted by atomic mass is 10.1. The highest BCUT2D eigenvalue weighted by Crippen LogP contribution is 2.37. The van der Waals surface area contributed by atoms with Crippen molar-refractivity contribution in [2.75, 3.05) is 31.8 Å². The van der Waals surface area contributed by atoms with Gasteiger partial charge in [0.1, 0.15) is 0 Å². The zero-order chi connectivity index (χ0) is 18.6. The van der Waals surface area contributed by atoms with Crippen LogP contribution in [0.1, 0.15) is 23.7 Å². The fourth-order valence-electron chi connectivity index (χ4n) is 2.85. The Balaban J connectivity index is 2.36. The maximum absolute atomic E-state index is 13.0. The van der Waals surface area contributed by atoms with Crippen molar-refractivity contribution < 1.29 is 22.7 Å². The number of halogens is 1. The minimum atomic E-state index is -3.11. The number of rotatable bonds is 7. The maximum Gasteiger partial charge on any atom is 0.254 e. The molecule has 1 heterocycles. The van der Waals surface area contributed by atoms with E-state index in [1.54, 1.807) is 12.1 Å². The second kappa shape index (κ2) is 8.10. The van der Waals surface area contributed by atoms with Gasteiger partial charge < -0.3 is 14.4 Å². The molecule has 0 bridgehead atoms. The van der Waals surface area contributed by atoms with E-state index in [0.29, 0.717) is 30.1 Å². The number of hydrogen-bond donors (Lipinski definition) is 0. The summed E-state index contributed by atoms with van der Waals surface area (Å²) in [6.07, 6.45) is 2.00. The first-order valence-electron chi connectivity index (χ1n) is 7.95. The summed E-state index contributed by atoms with van der Waals surface area (Å²) in [4.78, 5) is 14.5. The molecule has 0 unspecified atom stereocenters. The molecular weight excluding hydrogens is 366 g/mol. The molecule has 1 aliphatic rings. The van der Waals surface area contributed by atoms with Crippen LogP contribution in [0.3, 0.4) is 0 Å². The standard InChI is InChI=1S/C17H22ClNO5S/c1-4-7-19(13-6-8-25(21,22)11-13)17(20)12-9-14(18)16(24-5-2)15(10-12)23-3/h4,9-10,13H,1,5-8,11H2,2-3H3/t13-/m0/s1. The molecule has 1 saturated heterocycles. The summed E-state index contributed by atoms with van der Waals surface area (Å²) in [5.74, 6) is 0.475. The predicted octanol–water partition coefficient (Wildman–Crippen LogP) is 2.56. The highest BCUT2D eigenvalue weighted by molar-refractivity contribution is 7.91. The molecule has 1 aromatic carbocycles. The molecule has 1 aromatic rings. The van der Waals surface area contributed by atoms with E-state index in [-0.39, 0.29) is 35.0 Å². The van der Waals surface area contributed by atoms with E-state index in [4.69, 9.17) is 21.1 Å². The van der Waals surface area contributed by atoms with Gasteiger partial charge >= 0.3 is 0 Å². The molecule has 1 amide bonds. The highest BCUT2D eigenvalue weighted by Gasteiger charge is 2.34. The molecule has 1 aliphatic heterocycles. The van der Waals surface area contributed by atoms with E-state index in [0.717, 1.165) is 0 Å². The van der Waals surface area contributed by atoms with Gasteiger partial charge in [-0.15, -0.1) is 6.58 Å². The topological polar surface area (TPSA) is 72.9 Å². The summed E-state index contributed by atoms with van der Waals surface area (Å²) in [7, 11) is -1.64. The molecule has 0 spiro atoms. The van der Waals surface area contributed by atoms with Crippen molar-refractivity contribution in [3.05, 3.63) is 35.4 Å². The molecule has 25 heavy (non-hydrogen) atoms. The zero-order valence-electron chi connectivity index (χ0n) is 14.3. The Morgan fingerprint density at radius 1 is 1.48 bits per heavy atom. The van der Waals surface area contributed by atoms with Gasteiger partial charge in [-0.25, -0.2) is 8.42 Å². The van der Waals surface area contributed by atoms with Crippen LogP contribution in [0.2, 0.25) is 5.02 Å². The molecule has 8 heteroatoms. The number of benzene rings is 1. The molecule has 0 N–H and O–H groups in total. The number of carbonyl (C=O) groups excluding carboxylic acids is 1. The summed E-state index contributed by atoms with van der Waals surface area (Å²) in [6, 6.07) is 2.70. The van der Waals surface area contributed by atoms with E-state index in [2.05, 4.69) is 6.58 Å². The maximum atomic E-state index is 13.0. The highest BCUT2D eigenvalue weighted by atomic mass is 35.5. The van der Waals surface area contributed by atoms with Crippen LogP contribution in [0.15, 0.2) is 24.8 Å². The predicted molar refractivity (Wildman–Crippen MR) is 97.5 cm³/mol. The number of hydrogen-bond acceptors (Lipinski definition) is 5. The molecule has 0 aromatic heterocycles. The molecule has 6 nitrogen and oxygen atoms in total. The van der Waals surface area contributed by atoms with Gasteiger partial charge in [0.15, 0.2) is 21.3 Å². The fraction of sp³-hybridized carbons (Fsp3) is 0.471. The number of ether oxygens (including phenoxy) is 2. The van der Waals surface area contributed by atoms with E-state index in [1.807, 2.05) is 6.92 Å². The SMILES string of the molecule is C=CCN(C(=O)c1cc(Cl)c(OCC)c(OC)c1)[C@H]1CCS(=O)(=O)C1. The second-order valence-corrected chi connectivity index (χ2v) is 8.36. The van der Waals surface area contributed by atoms with E-state index < -0.39 is 9.84 Å². The monoisotopic (exact) mass is 387 g/mol. The first kappa shape index (κ1) is 19.6. The first-order chi connectivity index (χ1) is 11.8. The molecular formula is C17H22ClNO5S. The van der Waals surface area contributed by atoms with Gasteiger partial charge in [0.05, 0.1) is 30.2 Å². The molecule has 138 valence electrons.